The molecule has 5 heteroatoms. The number of piperazine rings is 1. The molecule has 2 N–H and O–H groups in total. The molecule has 5 nitrogen and oxygen atoms in total. The third-order valence-corrected chi connectivity index (χ3v) is 7.41. The number of allylic oxidation sites excluding steroid dienone is 1. The second kappa shape index (κ2) is 6.46. The van der Waals surface area contributed by atoms with Gasteiger partial charge in [0.05, 0.1) is 0 Å². The van der Waals surface area contributed by atoms with Gasteiger partial charge in [-0.25, -0.2) is 0 Å². The average Bonchev–Trinajstić information content (AvgIpc) is 3.26. The van der Waals surface area contributed by atoms with Crippen LogP contribution >= 0.6 is 0 Å². The zero-order valence-electron chi connectivity index (χ0n) is 17.4. The predicted octanol–water partition coefficient (Wildman–Crippen LogP) is 3.23. The summed E-state index contributed by atoms with van der Waals surface area (Å²) in [6, 6.07) is 17.0. The molecule has 2 fully saturated rings. The van der Waals surface area contributed by atoms with Crippen LogP contribution in [0.25, 0.3) is 0 Å². The van der Waals surface area contributed by atoms with Gasteiger partial charge in [-0.2, -0.15) is 0 Å². The van der Waals surface area contributed by atoms with E-state index < -0.39 is 17.5 Å². The summed E-state index contributed by atoms with van der Waals surface area (Å²) in [5, 5.41) is 6.59. The minimum atomic E-state index is -0.552. The SMILES string of the molecule is C=CC(C)(C)C12CC3C(=O)NC(Cc4ccccc4)C(=O)N3C1Nc1ccccc12. The minimum absolute atomic E-state index is 0.0181. The molecule has 30 heavy (non-hydrogen) atoms. The molecule has 3 heterocycles. The monoisotopic (exact) mass is 401 g/mol. The van der Waals surface area contributed by atoms with Gasteiger partial charge in [0, 0.05) is 17.5 Å². The molecule has 154 valence electrons. The van der Waals surface area contributed by atoms with Crippen molar-refractivity contribution in [2.24, 2.45) is 5.41 Å². The van der Waals surface area contributed by atoms with E-state index in [1.54, 1.807) is 0 Å². The van der Waals surface area contributed by atoms with Gasteiger partial charge >= 0.3 is 0 Å². The number of nitrogens with zero attached hydrogens (tertiary/aromatic N) is 1. The Morgan fingerprint density at radius 1 is 1.10 bits per heavy atom. The standard InChI is InChI=1S/C25H27N3O2/c1-4-24(2,3)25-15-20-21(29)26-19(14-16-10-6-5-7-11-16)22(30)28(20)23(25)27-18-13-9-8-12-17(18)25/h4-13,19-20,23,27H,1,14-15H2,2-3H3,(H,26,29). The van der Waals surface area contributed by atoms with Crippen LogP contribution in [0.1, 0.15) is 31.4 Å². The zero-order valence-corrected chi connectivity index (χ0v) is 17.4. The van der Waals surface area contributed by atoms with E-state index in [0.29, 0.717) is 12.8 Å². The van der Waals surface area contributed by atoms with Crippen molar-refractivity contribution in [3.63, 3.8) is 0 Å². The third kappa shape index (κ3) is 2.41. The number of amides is 2. The van der Waals surface area contributed by atoms with Crippen LogP contribution in [-0.4, -0.2) is 35.0 Å². The van der Waals surface area contributed by atoms with Gasteiger partial charge in [-0.1, -0.05) is 68.5 Å². The lowest BCUT2D eigenvalue weighted by molar-refractivity contribution is -0.148. The molecule has 0 aliphatic carbocycles. The number of benzene rings is 2. The van der Waals surface area contributed by atoms with E-state index in [1.165, 1.54) is 0 Å². The van der Waals surface area contributed by atoms with Crippen LogP contribution in [0.5, 0.6) is 0 Å². The van der Waals surface area contributed by atoms with Crippen molar-refractivity contribution in [1.82, 2.24) is 10.2 Å². The maximum Gasteiger partial charge on any atom is 0.247 e. The molecule has 0 spiro atoms. The van der Waals surface area contributed by atoms with Gasteiger partial charge in [0.15, 0.2) is 0 Å². The van der Waals surface area contributed by atoms with E-state index in [1.807, 2.05) is 53.4 Å². The first kappa shape index (κ1) is 18.9. The van der Waals surface area contributed by atoms with E-state index in [-0.39, 0.29) is 23.4 Å². The molecule has 3 aliphatic rings. The smallest absolute Gasteiger partial charge is 0.247 e. The Balaban J connectivity index is 1.57. The molecule has 0 radical (unpaired) electrons. The molecule has 3 aliphatic heterocycles. The lowest BCUT2D eigenvalue weighted by atomic mass is 9.60. The Hall–Kier alpha value is -3.08. The Labute approximate surface area is 177 Å². The highest BCUT2D eigenvalue weighted by Gasteiger charge is 2.67. The number of hydrogen-bond acceptors (Lipinski definition) is 3. The first-order chi connectivity index (χ1) is 14.4. The van der Waals surface area contributed by atoms with Gasteiger partial charge in [0.1, 0.15) is 18.2 Å². The van der Waals surface area contributed by atoms with Gasteiger partial charge in [-0.05, 0) is 29.0 Å². The second-order valence-corrected chi connectivity index (χ2v) is 9.21. The summed E-state index contributed by atoms with van der Waals surface area (Å²) in [5.41, 5.74) is 2.51. The molecule has 0 bridgehead atoms. The molecule has 0 aromatic heterocycles. The fourth-order valence-electron chi connectivity index (χ4n) is 5.67. The van der Waals surface area contributed by atoms with Crippen LogP contribution in [0, 0.1) is 5.41 Å². The summed E-state index contributed by atoms with van der Waals surface area (Å²) in [6.07, 6.45) is 2.76. The predicted molar refractivity (Wildman–Crippen MR) is 117 cm³/mol. The molecule has 0 saturated carbocycles. The average molecular weight is 402 g/mol. The molecule has 2 amide bonds. The van der Waals surface area contributed by atoms with Crippen molar-refractivity contribution >= 4 is 17.5 Å². The number of carbonyl (C=O) groups is 2. The number of nitrogens with one attached hydrogen (secondary N) is 2. The largest absolute Gasteiger partial charge is 0.364 e. The zero-order chi connectivity index (χ0) is 21.1. The summed E-state index contributed by atoms with van der Waals surface area (Å²) >= 11 is 0. The topological polar surface area (TPSA) is 61.4 Å². The Morgan fingerprint density at radius 2 is 1.80 bits per heavy atom. The van der Waals surface area contributed by atoms with Crippen molar-refractivity contribution in [2.75, 3.05) is 5.32 Å². The number of para-hydroxylation sites is 1. The summed E-state index contributed by atoms with van der Waals surface area (Å²) in [5.74, 6) is -0.0843. The highest BCUT2D eigenvalue weighted by molar-refractivity contribution is 5.99. The summed E-state index contributed by atoms with van der Waals surface area (Å²) < 4.78 is 0. The molecular formula is C25H27N3O2. The first-order valence-corrected chi connectivity index (χ1v) is 10.6. The number of anilines is 1. The van der Waals surface area contributed by atoms with Crippen molar-refractivity contribution in [1.29, 1.82) is 0 Å². The van der Waals surface area contributed by atoms with Crippen molar-refractivity contribution < 1.29 is 9.59 Å². The molecule has 2 aromatic carbocycles. The lowest BCUT2D eigenvalue weighted by Gasteiger charge is -2.44. The maximum absolute atomic E-state index is 13.7. The fraction of sp³-hybridized carbons (Fsp3) is 0.360. The van der Waals surface area contributed by atoms with Crippen LogP contribution in [0.3, 0.4) is 0 Å². The highest BCUT2D eigenvalue weighted by Crippen LogP contribution is 2.60. The normalized spacial score (nSPS) is 29.5. The van der Waals surface area contributed by atoms with Crippen LogP contribution in [0.4, 0.5) is 5.69 Å². The lowest BCUT2D eigenvalue weighted by Crippen LogP contribution is -2.64. The molecule has 2 aromatic rings. The number of carbonyl (C=O) groups excluding carboxylic acids is 2. The molecule has 4 atom stereocenters. The Kier molecular flexibility index (Phi) is 4.07. The number of hydrogen-bond donors (Lipinski definition) is 2. The van der Waals surface area contributed by atoms with Crippen LogP contribution in [0.2, 0.25) is 0 Å². The second-order valence-electron chi connectivity index (χ2n) is 9.21. The van der Waals surface area contributed by atoms with Crippen LogP contribution in [0.15, 0.2) is 67.3 Å². The Morgan fingerprint density at radius 3 is 2.53 bits per heavy atom. The van der Waals surface area contributed by atoms with Crippen LogP contribution < -0.4 is 10.6 Å². The van der Waals surface area contributed by atoms with Gasteiger partial charge < -0.3 is 15.5 Å². The van der Waals surface area contributed by atoms with Gasteiger partial charge in [-0.15, -0.1) is 6.58 Å². The van der Waals surface area contributed by atoms with E-state index in [4.69, 9.17) is 0 Å². The van der Waals surface area contributed by atoms with Gasteiger partial charge in [0.2, 0.25) is 11.8 Å². The first-order valence-electron chi connectivity index (χ1n) is 10.6. The maximum atomic E-state index is 13.7. The third-order valence-electron chi connectivity index (χ3n) is 7.41. The van der Waals surface area contributed by atoms with E-state index in [9.17, 15) is 9.59 Å². The summed E-state index contributed by atoms with van der Waals surface area (Å²) in [4.78, 5) is 28.6. The van der Waals surface area contributed by atoms with Crippen molar-refractivity contribution in [3.05, 3.63) is 78.4 Å². The van der Waals surface area contributed by atoms with E-state index >= 15 is 0 Å². The number of rotatable bonds is 4. The highest BCUT2D eigenvalue weighted by atomic mass is 16.2. The van der Waals surface area contributed by atoms with E-state index in [2.05, 4.69) is 43.2 Å². The minimum Gasteiger partial charge on any atom is -0.364 e. The molecule has 2 saturated heterocycles. The van der Waals surface area contributed by atoms with Crippen molar-refractivity contribution in [3.8, 4) is 0 Å². The summed E-state index contributed by atoms with van der Waals surface area (Å²) in [6.45, 7) is 8.40. The van der Waals surface area contributed by atoms with Gasteiger partial charge in [-0.3, -0.25) is 9.59 Å². The quantitative estimate of drug-likeness (QED) is 0.774. The fourth-order valence-corrected chi connectivity index (χ4v) is 5.67. The van der Waals surface area contributed by atoms with Crippen LogP contribution in [-0.2, 0) is 21.4 Å². The Bertz CT molecular complexity index is 1030. The molecular weight excluding hydrogens is 374 g/mol. The van der Waals surface area contributed by atoms with E-state index in [0.717, 1.165) is 16.8 Å². The van der Waals surface area contributed by atoms with Crippen molar-refractivity contribution in [2.45, 2.75) is 50.4 Å². The summed E-state index contributed by atoms with van der Waals surface area (Å²) in [7, 11) is 0. The molecule has 5 rings (SSSR count). The van der Waals surface area contributed by atoms with Gasteiger partial charge in [0.25, 0.3) is 0 Å². The number of fused-ring (bicyclic) bond motifs is 5. The molecule has 4 unspecified atom stereocenters.